The Kier molecular flexibility index (Phi) is 6.03. The van der Waals surface area contributed by atoms with Crippen LogP contribution in [0.5, 0.6) is 0 Å². The fraction of sp³-hybridized carbons (Fsp3) is 0.143. The largest absolute Gasteiger partial charge is 0.334 e. The molecule has 2 heterocycles. The molecule has 0 bridgehead atoms. The lowest BCUT2D eigenvalue weighted by Crippen LogP contribution is -2.29. The number of aromatic amines is 1. The van der Waals surface area contributed by atoms with E-state index in [4.69, 9.17) is 12.2 Å². The fourth-order valence-corrected chi connectivity index (χ4v) is 4.68. The molecule has 0 saturated carbocycles. The molecule has 1 N–H and O–H groups in total. The molecule has 1 saturated heterocycles. The number of amides is 1. The second-order valence-corrected chi connectivity index (χ2v) is 8.88. The SMILES string of the molecule is C/C(=N\N=C1/SCC(=O)N1c1ccc(Br)cc1)c1c(C)[nH]c(=S)n1-c1ccccc1. The van der Waals surface area contributed by atoms with Gasteiger partial charge in [-0.2, -0.15) is 5.10 Å². The molecule has 4 rings (SSSR count). The number of nitrogens with one attached hydrogen (secondary N) is 1. The quantitative estimate of drug-likeness (QED) is 0.294. The van der Waals surface area contributed by atoms with E-state index in [1.807, 2.05) is 73.0 Å². The number of hydrogen-bond acceptors (Lipinski definition) is 5. The number of aryl methyl sites for hydroxylation is 1. The van der Waals surface area contributed by atoms with Crippen molar-refractivity contribution in [1.82, 2.24) is 9.55 Å². The first-order chi connectivity index (χ1) is 14.5. The first kappa shape index (κ1) is 20.8. The maximum Gasteiger partial charge on any atom is 0.243 e. The van der Waals surface area contributed by atoms with Crippen LogP contribution in [0.3, 0.4) is 0 Å². The number of benzene rings is 2. The predicted molar refractivity (Wildman–Crippen MR) is 129 cm³/mol. The molecule has 152 valence electrons. The number of thioether (sulfide) groups is 1. The highest BCUT2D eigenvalue weighted by Crippen LogP contribution is 2.28. The highest BCUT2D eigenvalue weighted by molar-refractivity contribution is 9.10. The number of nitrogens with zero attached hydrogens (tertiary/aromatic N) is 4. The molecule has 0 aliphatic carbocycles. The second kappa shape index (κ2) is 8.71. The third kappa shape index (κ3) is 4.05. The average molecular weight is 500 g/mol. The van der Waals surface area contributed by atoms with Gasteiger partial charge in [0.2, 0.25) is 5.91 Å². The van der Waals surface area contributed by atoms with E-state index in [1.165, 1.54) is 11.8 Å². The minimum absolute atomic E-state index is 0.0149. The molecular formula is C21H18BrN5OS2. The van der Waals surface area contributed by atoms with E-state index in [-0.39, 0.29) is 5.91 Å². The first-order valence-corrected chi connectivity index (χ1v) is 11.4. The van der Waals surface area contributed by atoms with Crippen molar-refractivity contribution in [3.63, 3.8) is 0 Å². The van der Waals surface area contributed by atoms with E-state index in [0.29, 0.717) is 21.4 Å². The summed E-state index contributed by atoms with van der Waals surface area (Å²) in [6.07, 6.45) is 0. The maximum atomic E-state index is 12.4. The van der Waals surface area contributed by atoms with Gasteiger partial charge in [0, 0.05) is 15.9 Å². The molecular weight excluding hydrogens is 482 g/mol. The summed E-state index contributed by atoms with van der Waals surface area (Å²) < 4.78 is 3.49. The molecule has 1 fully saturated rings. The Hall–Kier alpha value is -2.49. The fourth-order valence-electron chi connectivity index (χ4n) is 3.25. The third-order valence-corrected chi connectivity index (χ3v) is 6.30. The Balaban J connectivity index is 1.72. The Bertz CT molecular complexity index is 1210. The molecule has 3 aromatic rings. The van der Waals surface area contributed by atoms with E-state index >= 15 is 0 Å². The zero-order valence-electron chi connectivity index (χ0n) is 16.3. The summed E-state index contributed by atoms with van der Waals surface area (Å²) in [4.78, 5) is 17.2. The van der Waals surface area contributed by atoms with Crippen LogP contribution in [0.25, 0.3) is 5.69 Å². The maximum absolute atomic E-state index is 12.4. The average Bonchev–Trinajstić information content (AvgIpc) is 3.26. The minimum atomic E-state index is -0.0149. The summed E-state index contributed by atoms with van der Waals surface area (Å²) >= 11 is 10.3. The predicted octanol–water partition coefficient (Wildman–Crippen LogP) is 5.47. The van der Waals surface area contributed by atoms with Gasteiger partial charge in [-0.15, -0.1) is 5.10 Å². The van der Waals surface area contributed by atoms with Crippen LogP contribution < -0.4 is 4.90 Å². The number of carbonyl (C=O) groups excluding carboxylic acids is 1. The molecule has 0 unspecified atom stereocenters. The summed E-state index contributed by atoms with van der Waals surface area (Å²) in [5.74, 6) is 0.325. The number of para-hydroxylation sites is 1. The van der Waals surface area contributed by atoms with Gasteiger partial charge in [-0.05, 0) is 62.5 Å². The Morgan fingerprint density at radius 2 is 1.83 bits per heavy atom. The summed E-state index contributed by atoms with van der Waals surface area (Å²) in [5.41, 5.74) is 4.19. The van der Waals surface area contributed by atoms with Crippen LogP contribution in [0, 0.1) is 11.7 Å². The van der Waals surface area contributed by atoms with Crippen LogP contribution in [-0.2, 0) is 4.79 Å². The number of amidine groups is 1. The Labute approximate surface area is 191 Å². The number of hydrogen-bond donors (Lipinski definition) is 1. The van der Waals surface area contributed by atoms with E-state index in [1.54, 1.807) is 4.90 Å². The van der Waals surface area contributed by atoms with Crippen LogP contribution in [0.4, 0.5) is 5.69 Å². The Morgan fingerprint density at radius 3 is 2.53 bits per heavy atom. The number of halogens is 1. The molecule has 0 atom stereocenters. The molecule has 2 aromatic carbocycles. The van der Waals surface area contributed by atoms with Crippen LogP contribution >= 0.6 is 39.9 Å². The van der Waals surface area contributed by atoms with Crippen molar-refractivity contribution in [3.8, 4) is 5.69 Å². The molecule has 30 heavy (non-hydrogen) atoms. The number of H-pyrrole nitrogens is 1. The Morgan fingerprint density at radius 1 is 1.13 bits per heavy atom. The molecule has 1 amide bonds. The summed E-state index contributed by atoms with van der Waals surface area (Å²) in [7, 11) is 0. The van der Waals surface area contributed by atoms with Gasteiger partial charge in [-0.3, -0.25) is 14.3 Å². The normalized spacial score (nSPS) is 16.0. The number of aromatic nitrogens is 2. The van der Waals surface area contributed by atoms with E-state index in [9.17, 15) is 4.79 Å². The molecule has 0 radical (unpaired) electrons. The lowest BCUT2D eigenvalue weighted by atomic mass is 10.2. The van der Waals surface area contributed by atoms with Crippen molar-refractivity contribution >= 4 is 62.4 Å². The van der Waals surface area contributed by atoms with Crippen molar-refractivity contribution in [2.75, 3.05) is 10.7 Å². The van der Waals surface area contributed by atoms with E-state index < -0.39 is 0 Å². The molecule has 1 aliphatic rings. The number of imidazole rings is 1. The molecule has 1 aromatic heterocycles. The van der Waals surface area contributed by atoms with Crippen LogP contribution in [0.1, 0.15) is 18.3 Å². The molecule has 0 spiro atoms. The first-order valence-electron chi connectivity index (χ1n) is 9.16. The molecule has 6 nitrogen and oxygen atoms in total. The lowest BCUT2D eigenvalue weighted by molar-refractivity contribution is -0.115. The van der Waals surface area contributed by atoms with Gasteiger partial charge in [-0.1, -0.05) is 45.9 Å². The zero-order valence-corrected chi connectivity index (χ0v) is 19.5. The minimum Gasteiger partial charge on any atom is -0.334 e. The van der Waals surface area contributed by atoms with Gasteiger partial charge in [0.15, 0.2) is 9.94 Å². The van der Waals surface area contributed by atoms with Gasteiger partial charge in [0.05, 0.1) is 22.8 Å². The van der Waals surface area contributed by atoms with Gasteiger partial charge in [0.25, 0.3) is 0 Å². The standard InChI is InChI=1S/C21H18BrN5OS2/c1-13-19(27(20(29)23-13)16-6-4-3-5-7-16)14(2)24-25-21-26(18(28)12-30-21)17-10-8-15(22)9-11-17/h3-11H,12H2,1-2H3,(H,23,29)/b24-14+,25-21-. The molecule has 9 heteroatoms. The number of carbonyl (C=O) groups is 1. The summed E-state index contributed by atoms with van der Waals surface area (Å²) in [5, 5.41) is 9.43. The highest BCUT2D eigenvalue weighted by atomic mass is 79.9. The van der Waals surface area contributed by atoms with Crippen molar-refractivity contribution in [2.45, 2.75) is 13.8 Å². The number of anilines is 1. The topological polar surface area (TPSA) is 65.8 Å². The van der Waals surface area contributed by atoms with Crippen LogP contribution in [0.2, 0.25) is 0 Å². The monoisotopic (exact) mass is 499 g/mol. The highest BCUT2D eigenvalue weighted by Gasteiger charge is 2.30. The van der Waals surface area contributed by atoms with Crippen molar-refractivity contribution in [1.29, 1.82) is 0 Å². The summed E-state index contributed by atoms with van der Waals surface area (Å²) in [6, 6.07) is 17.4. The van der Waals surface area contributed by atoms with Gasteiger partial charge in [0.1, 0.15) is 0 Å². The van der Waals surface area contributed by atoms with Gasteiger partial charge >= 0.3 is 0 Å². The summed E-state index contributed by atoms with van der Waals surface area (Å²) in [6.45, 7) is 3.85. The van der Waals surface area contributed by atoms with Crippen LogP contribution in [0.15, 0.2) is 69.3 Å². The van der Waals surface area contributed by atoms with Gasteiger partial charge in [-0.25, -0.2) is 0 Å². The lowest BCUT2D eigenvalue weighted by Gasteiger charge is -2.15. The smallest absolute Gasteiger partial charge is 0.243 e. The molecule has 1 aliphatic heterocycles. The van der Waals surface area contributed by atoms with E-state index in [2.05, 4.69) is 31.1 Å². The van der Waals surface area contributed by atoms with Crippen molar-refractivity contribution < 1.29 is 4.79 Å². The third-order valence-electron chi connectivity index (χ3n) is 4.57. The van der Waals surface area contributed by atoms with E-state index in [0.717, 1.165) is 27.2 Å². The van der Waals surface area contributed by atoms with Crippen molar-refractivity contribution in [3.05, 3.63) is 75.2 Å². The second-order valence-electron chi connectivity index (χ2n) is 6.64. The number of rotatable bonds is 4. The van der Waals surface area contributed by atoms with Crippen LogP contribution in [-0.4, -0.2) is 32.1 Å². The zero-order chi connectivity index (χ0) is 21.3. The van der Waals surface area contributed by atoms with Gasteiger partial charge < -0.3 is 4.98 Å². The van der Waals surface area contributed by atoms with Crippen molar-refractivity contribution in [2.24, 2.45) is 10.2 Å².